The normalized spacial score (nSPS) is 16.0. The van der Waals surface area contributed by atoms with Crippen molar-refractivity contribution < 1.29 is 4.74 Å². The minimum Gasteiger partial charge on any atom is -0.454 e. The van der Waals surface area contributed by atoms with Gasteiger partial charge in [-0.2, -0.15) is 0 Å². The number of para-hydroxylation sites is 3. The first kappa shape index (κ1) is 16.8. The van der Waals surface area contributed by atoms with E-state index in [-0.39, 0.29) is 0 Å². The molecule has 0 amide bonds. The number of hydrogen-bond donors (Lipinski definition) is 0. The Hall–Kier alpha value is -3.35. The molecule has 2 aromatic carbocycles. The molecular weight excluding hydrogens is 352 g/mol. The Balaban J connectivity index is 1.46. The number of amidine groups is 1. The molecule has 142 valence electrons. The van der Waals surface area contributed by atoms with Crippen molar-refractivity contribution in [3.63, 3.8) is 0 Å². The van der Waals surface area contributed by atoms with Gasteiger partial charge in [-0.05, 0) is 31.2 Å². The molecule has 1 fully saturated rings. The van der Waals surface area contributed by atoms with Crippen molar-refractivity contribution in [2.24, 2.45) is 12.0 Å². The maximum atomic E-state index is 6.16. The van der Waals surface area contributed by atoms with Crippen LogP contribution in [0.5, 0.6) is 11.5 Å². The van der Waals surface area contributed by atoms with E-state index in [9.17, 15) is 0 Å². The standard InChI is InChI=1S/C21H22N6O/c1-15-23-24-21(25(15)2)27-13-11-26(12-14-27)20-16-7-3-5-9-18(16)28-19-10-6-4-8-17(19)22-20/h3-10H,11-14H2,1-2H3. The molecule has 0 aliphatic carbocycles. The molecule has 0 saturated carbocycles. The second-order valence-electron chi connectivity index (χ2n) is 7.08. The van der Waals surface area contributed by atoms with Crippen LogP contribution in [0.15, 0.2) is 53.5 Å². The van der Waals surface area contributed by atoms with Gasteiger partial charge in [0.25, 0.3) is 0 Å². The molecule has 0 atom stereocenters. The lowest BCUT2D eigenvalue weighted by molar-refractivity contribution is 0.381. The van der Waals surface area contributed by atoms with E-state index < -0.39 is 0 Å². The third-order valence-corrected chi connectivity index (χ3v) is 5.37. The van der Waals surface area contributed by atoms with Crippen LogP contribution in [0.4, 0.5) is 11.6 Å². The Morgan fingerprint density at radius 2 is 1.50 bits per heavy atom. The quantitative estimate of drug-likeness (QED) is 0.655. The number of ether oxygens (including phenoxy) is 1. The van der Waals surface area contributed by atoms with Crippen molar-refractivity contribution in [2.45, 2.75) is 6.92 Å². The maximum Gasteiger partial charge on any atom is 0.227 e. The summed E-state index contributed by atoms with van der Waals surface area (Å²) >= 11 is 0. The van der Waals surface area contributed by atoms with Crippen LogP contribution in [0.3, 0.4) is 0 Å². The summed E-state index contributed by atoms with van der Waals surface area (Å²) in [6.45, 7) is 5.44. The topological polar surface area (TPSA) is 58.8 Å². The van der Waals surface area contributed by atoms with E-state index >= 15 is 0 Å². The highest BCUT2D eigenvalue weighted by atomic mass is 16.5. The Morgan fingerprint density at radius 1 is 0.821 bits per heavy atom. The highest BCUT2D eigenvalue weighted by Crippen LogP contribution is 2.37. The summed E-state index contributed by atoms with van der Waals surface area (Å²) in [7, 11) is 2.01. The first-order valence-electron chi connectivity index (χ1n) is 9.51. The molecule has 3 heterocycles. The monoisotopic (exact) mass is 374 g/mol. The highest BCUT2D eigenvalue weighted by molar-refractivity contribution is 6.03. The number of aromatic nitrogens is 3. The largest absolute Gasteiger partial charge is 0.454 e. The molecule has 5 rings (SSSR count). The molecule has 1 aromatic heterocycles. The van der Waals surface area contributed by atoms with Crippen LogP contribution in [0.1, 0.15) is 11.4 Å². The lowest BCUT2D eigenvalue weighted by Gasteiger charge is -2.36. The molecule has 3 aromatic rings. The zero-order valence-electron chi connectivity index (χ0n) is 16.0. The van der Waals surface area contributed by atoms with Gasteiger partial charge < -0.3 is 19.1 Å². The van der Waals surface area contributed by atoms with E-state index in [0.29, 0.717) is 0 Å². The van der Waals surface area contributed by atoms with E-state index in [1.54, 1.807) is 0 Å². The average molecular weight is 374 g/mol. The summed E-state index contributed by atoms with van der Waals surface area (Å²) in [4.78, 5) is 9.61. The van der Waals surface area contributed by atoms with Gasteiger partial charge >= 0.3 is 0 Å². The fourth-order valence-corrected chi connectivity index (χ4v) is 3.70. The van der Waals surface area contributed by atoms with Gasteiger partial charge in [0.05, 0.1) is 5.56 Å². The zero-order chi connectivity index (χ0) is 19.1. The van der Waals surface area contributed by atoms with Crippen molar-refractivity contribution in [1.29, 1.82) is 0 Å². The van der Waals surface area contributed by atoms with Crippen molar-refractivity contribution in [3.05, 3.63) is 59.9 Å². The van der Waals surface area contributed by atoms with E-state index in [1.807, 2.05) is 61.0 Å². The minimum atomic E-state index is 0.790. The van der Waals surface area contributed by atoms with Gasteiger partial charge in [0, 0.05) is 33.2 Å². The van der Waals surface area contributed by atoms with Crippen LogP contribution >= 0.6 is 0 Å². The zero-order valence-corrected chi connectivity index (χ0v) is 16.0. The molecule has 7 heteroatoms. The number of rotatable bonds is 1. The van der Waals surface area contributed by atoms with Crippen LogP contribution < -0.4 is 9.64 Å². The van der Waals surface area contributed by atoms with Gasteiger partial charge in [-0.3, -0.25) is 0 Å². The lowest BCUT2D eigenvalue weighted by Crippen LogP contribution is -2.49. The molecule has 0 bridgehead atoms. The van der Waals surface area contributed by atoms with Crippen LogP contribution in [-0.2, 0) is 7.05 Å². The highest BCUT2D eigenvalue weighted by Gasteiger charge is 2.27. The molecule has 2 aliphatic heterocycles. The number of aryl methyl sites for hydroxylation is 1. The van der Waals surface area contributed by atoms with Gasteiger partial charge in [-0.25, -0.2) is 4.99 Å². The number of fused-ring (bicyclic) bond motifs is 2. The lowest BCUT2D eigenvalue weighted by atomic mass is 10.1. The van der Waals surface area contributed by atoms with Crippen LogP contribution in [0, 0.1) is 6.92 Å². The number of nitrogens with zero attached hydrogens (tertiary/aromatic N) is 6. The summed E-state index contributed by atoms with van der Waals surface area (Å²) in [5.74, 6) is 4.45. The number of aliphatic imine (C=N–C) groups is 1. The molecule has 0 radical (unpaired) electrons. The Kier molecular flexibility index (Phi) is 4.00. The predicted octanol–water partition coefficient (Wildman–Crippen LogP) is 3.13. The van der Waals surface area contributed by atoms with E-state index in [2.05, 4.69) is 26.1 Å². The number of hydrogen-bond acceptors (Lipinski definition) is 6. The number of piperazine rings is 1. The molecule has 28 heavy (non-hydrogen) atoms. The average Bonchev–Trinajstić information content (AvgIpc) is 2.97. The van der Waals surface area contributed by atoms with Crippen molar-refractivity contribution in [1.82, 2.24) is 19.7 Å². The molecule has 7 nitrogen and oxygen atoms in total. The summed E-state index contributed by atoms with van der Waals surface area (Å²) in [6, 6.07) is 16.1. The Bertz CT molecular complexity index is 1050. The summed E-state index contributed by atoms with van der Waals surface area (Å²) < 4.78 is 8.20. The van der Waals surface area contributed by atoms with Crippen LogP contribution in [0.25, 0.3) is 0 Å². The van der Waals surface area contributed by atoms with E-state index in [1.165, 1.54) is 0 Å². The van der Waals surface area contributed by atoms with Gasteiger partial charge in [0.1, 0.15) is 23.1 Å². The van der Waals surface area contributed by atoms with Crippen molar-refractivity contribution >= 4 is 17.5 Å². The first-order valence-corrected chi connectivity index (χ1v) is 9.51. The Labute approximate surface area is 163 Å². The van der Waals surface area contributed by atoms with Gasteiger partial charge in [0.15, 0.2) is 5.75 Å². The first-order chi connectivity index (χ1) is 13.7. The molecule has 2 aliphatic rings. The van der Waals surface area contributed by atoms with Gasteiger partial charge in [-0.1, -0.05) is 24.3 Å². The molecule has 1 saturated heterocycles. The van der Waals surface area contributed by atoms with Crippen LogP contribution in [0.2, 0.25) is 0 Å². The van der Waals surface area contributed by atoms with Gasteiger partial charge in [-0.15, -0.1) is 10.2 Å². The third kappa shape index (κ3) is 2.79. The molecular formula is C21H22N6O. The SMILES string of the molecule is Cc1nnc(N2CCN(C3=Nc4ccccc4Oc4ccccc43)CC2)n1C. The minimum absolute atomic E-state index is 0.790. The van der Waals surface area contributed by atoms with E-state index in [0.717, 1.165) is 66.5 Å². The smallest absolute Gasteiger partial charge is 0.227 e. The fourth-order valence-electron chi connectivity index (χ4n) is 3.70. The van der Waals surface area contributed by atoms with E-state index in [4.69, 9.17) is 9.73 Å². The van der Waals surface area contributed by atoms with Crippen LogP contribution in [-0.4, -0.2) is 51.7 Å². The second-order valence-corrected chi connectivity index (χ2v) is 7.08. The second kappa shape index (κ2) is 6.67. The predicted molar refractivity (Wildman–Crippen MR) is 109 cm³/mol. The number of anilines is 1. The fraction of sp³-hybridized carbons (Fsp3) is 0.286. The molecule has 0 unspecified atom stereocenters. The summed E-state index contributed by atoms with van der Waals surface area (Å²) in [6.07, 6.45) is 0. The summed E-state index contributed by atoms with van der Waals surface area (Å²) in [5, 5.41) is 8.51. The molecule has 0 N–H and O–H groups in total. The van der Waals surface area contributed by atoms with Crippen molar-refractivity contribution in [2.75, 3.05) is 31.1 Å². The third-order valence-electron chi connectivity index (χ3n) is 5.37. The number of benzene rings is 2. The summed E-state index contributed by atoms with van der Waals surface area (Å²) in [5.41, 5.74) is 1.89. The molecule has 0 spiro atoms. The van der Waals surface area contributed by atoms with Gasteiger partial charge in [0.2, 0.25) is 5.95 Å². The maximum absolute atomic E-state index is 6.16. The van der Waals surface area contributed by atoms with Crippen molar-refractivity contribution in [3.8, 4) is 11.5 Å². The Morgan fingerprint density at radius 3 is 2.25 bits per heavy atom.